The average Bonchev–Trinajstić information content (AvgIpc) is 3.53. The first-order valence-corrected chi connectivity index (χ1v) is 9.69. The zero-order valence-corrected chi connectivity index (χ0v) is 18.7. The van der Waals surface area contributed by atoms with Gasteiger partial charge in [-0.25, -0.2) is 0 Å². The SMILES string of the molecule is C=[C-]CCC(O)=C(c1ccccc1)c1ccccc1.[CH]1[CH][CH][CH][CH]1.[CH]1[CH][CH][CH][CH]1.[Ti+3]. The summed E-state index contributed by atoms with van der Waals surface area (Å²) < 4.78 is 0. The molecule has 0 amide bonds. The van der Waals surface area contributed by atoms with Crippen LogP contribution in [0.1, 0.15) is 24.0 Å². The van der Waals surface area contributed by atoms with Crippen molar-refractivity contribution in [2.45, 2.75) is 12.8 Å². The Kier molecular flexibility index (Phi) is 15.1. The first-order chi connectivity index (χ1) is 14.3. The molecule has 1 nitrogen and oxygen atoms in total. The molecule has 0 aromatic heterocycles. The number of rotatable bonds is 5. The molecule has 0 saturated heterocycles. The normalized spacial score (nSPS) is 14.3. The van der Waals surface area contributed by atoms with Crippen molar-refractivity contribution in [3.63, 3.8) is 0 Å². The fourth-order valence-corrected chi connectivity index (χ4v) is 2.68. The summed E-state index contributed by atoms with van der Waals surface area (Å²) in [5, 5.41) is 10.4. The second-order valence-electron chi connectivity index (χ2n) is 6.23. The number of allylic oxidation sites excluding steroid dienone is 2. The van der Waals surface area contributed by atoms with E-state index in [-0.39, 0.29) is 21.7 Å². The first-order valence-electron chi connectivity index (χ1n) is 9.69. The van der Waals surface area contributed by atoms with Crippen molar-refractivity contribution in [2.75, 3.05) is 0 Å². The summed E-state index contributed by atoms with van der Waals surface area (Å²) in [7, 11) is 0. The molecule has 2 aliphatic rings. The van der Waals surface area contributed by atoms with Crippen molar-refractivity contribution >= 4 is 5.57 Å². The molecular formula is C28H27OTi+2. The van der Waals surface area contributed by atoms with E-state index in [0.717, 1.165) is 16.7 Å². The summed E-state index contributed by atoms with van der Waals surface area (Å²) in [6.07, 6.45) is 24.0. The van der Waals surface area contributed by atoms with Crippen molar-refractivity contribution in [3.8, 4) is 0 Å². The number of aliphatic hydroxyl groups excluding tert-OH is 1. The molecule has 2 aromatic rings. The first kappa shape index (κ1) is 26.5. The van der Waals surface area contributed by atoms with Crippen molar-refractivity contribution in [1.29, 1.82) is 0 Å². The number of benzene rings is 2. The Morgan fingerprint density at radius 3 is 1.27 bits per heavy atom. The second-order valence-corrected chi connectivity index (χ2v) is 6.23. The van der Waals surface area contributed by atoms with Gasteiger partial charge in [0.2, 0.25) is 0 Å². The Morgan fingerprint density at radius 2 is 0.967 bits per heavy atom. The van der Waals surface area contributed by atoms with Crippen LogP contribution in [0.4, 0.5) is 0 Å². The van der Waals surface area contributed by atoms with E-state index in [1.807, 2.05) is 125 Å². The van der Waals surface area contributed by atoms with Gasteiger partial charge in [-0.15, -0.1) is 0 Å². The van der Waals surface area contributed by atoms with Gasteiger partial charge in [0.1, 0.15) is 0 Å². The van der Waals surface area contributed by atoms with Gasteiger partial charge in [-0.1, -0.05) is 60.7 Å². The van der Waals surface area contributed by atoms with Crippen molar-refractivity contribution < 1.29 is 26.8 Å². The Hall–Kier alpha value is -1.57. The molecule has 11 radical (unpaired) electrons. The largest absolute Gasteiger partial charge is 3.00 e. The van der Waals surface area contributed by atoms with Crippen molar-refractivity contribution in [1.82, 2.24) is 0 Å². The molecule has 2 aliphatic carbocycles. The van der Waals surface area contributed by atoms with Crippen LogP contribution in [0.15, 0.2) is 73.0 Å². The second kappa shape index (κ2) is 17.1. The predicted molar refractivity (Wildman–Crippen MR) is 123 cm³/mol. The molecule has 0 atom stereocenters. The van der Waals surface area contributed by atoms with Gasteiger partial charge in [0.25, 0.3) is 0 Å². The maximum Gasteiger partial charge on any atom is 3.00 e. The van der Waals surface area contributed by atoms with E-state index in [9.17, 15) is 5.11 Å². The summed E-state index contributed by atoms with van der Waals surface area (Å²) in [5.74, 6) is 0.383. The van der Waals surface area contributed by atoms with Gasteiger partial charge in [-0.05, 0) is 81.8 Å². The summed E-state index contributed by atoms with van der Waals surface area (Å²) >= 11 is 0. The maximum atomic E-state index is 10.4. The van der Waals surface area contributed by atoms with E-state index in [1.165, 1.54) is 0 Å². The molecule has 2 fully saturated rings. The van der Waals surface area contributed by atoms with Crippen LogP contribution in [0.2, 0.25) is 0 Å². The van der Waals surface area contributed by atoms with Gasteiger partial charge in [0.15, 0.2) is 0 Å². The molecule has 0 spiro atoms. The van der Waals surface area contributed by atoms with Gasteiger partial charge in [-0.3, -0.25) is 6.58 Å². The van der Waals surface area contributed by atoms with Crippen LogP contribution >= 0.6 is 0 Å². The number of hydrogen-bond donors (Lipinski definition) is 1. The zero-order chi connectivity index (χ0) is 20.6. The minimum Gasteiger partial charge on any atom is -0.512 e. The number of hydrogen-bond acceptors (Lipinski definition) is 1. The fourth-order valence-electron chi connectivity index (χ4n) is 2.68. The summed E-state index contributed by atoms with van der Waals surface area (Å²) in [6.45, 7) is 3.58. The minimum absolute atomic E-state index is 0. The summed E-state index contributed by atoms with van der Waals surface area (Å²) in [4.78, 5) is 0. The standard InChI is InChI=1S/C18H17O.2C5H5.Ti/c1-2-3-14-17(19)18(15-10-6-4-7-11-15)16-12-8-5-9-13-16;2*1-2-4-5-3-1;/h4-13,19H,1,3,14H2;2*1-5H;/q-1;;;+3. The zero-order valence-electron chi connectivity index (χ0n) is 17.1. The van der Waals surface area contributed by atoms with Gasteiger partial charge in [0.05, 0.1) is 5.76 Å². The average molecular weight is 427 g/mol. The summed E-state index contributed by atoms with van der Waals surface area (Å²) in [6, 6.07) is 19.9. The van der Waals surface area contributed by atoms with Gasteiger partial charge < -0.3 is 11.2 Å². The maximum absolute atomic E-state index is 10.4. The van der Waals surface area contributed by atoms with E-state index in [4.69, 9.17) is 0 Å². The topological polar surface area (TPSA) is 20.2 Å². The summed E-state index contributed by atoms with van der Waals surface area (Å²) in [5.41, 5.74) is 2.93. The Labute approximate surface area is 199 Å². The molecule has 147 valence electrons. The molecule has 0 bridgehead atoms. The van der Waals surface area contributed by atoms with E-state index < -0.39 is 0 Å². The monoisotopic (exact) mass is 427 g/mol. The Morgan fingerprint density at radius 1 is 0.633 bits per heavy atom. The van der Waals surface area contributed by atoms with Crippen LogP contribution in [0, 0.1) is 70.3 Å². The minimum atomic E-state index is 0. The third kappa shape index (κ3) is 10.5. The Bertz CT molecular complexity index is 631. The molecule has 30 heavy (non-hydrogen) atoms. The van der Waals surface area contributed by atoms with Crippen LogP contribution in [-0.2, 0) is 21.7 Å². The molecule has 1 N–H and O–H groups in total. The molecule has 2 heteroatoms. The smallest absolute Gasteiger partial charge is 0.512 e. The molecule has 2 saturated carbocycles. The van der Waals surface area contributed by atoms with Crippen LogP contribution in [0.5, 0.6) is 0 Å². The van der Waals surface area contributed by atoms with E-state index in [2.05, 4.69) is 12.7 Å². The van der Waals surface area contributed by atoms with E-state index in [1.54, 1.807) is 0 Å². The molecular weight excluding hydrogens is 400 g/mol. The van der Waals surface area contributed by atoms with Crippen LogP contribution < -0.4 is 0 Å². The third-order valence-corrected chi connectivity index (χ3v) is 4.06. The quantitative estimate of drug-likeness (QED) is 0.316. The molecule has 0 unspecified atom stereocenters. The predicted octanol–water partition coefficient (Wildman–Crippen LogP) is 6.81. The third-order valence-electron chi connectivity index (χ3n) is 4.06. The van der Waals surface area contributed by atoms with Crippen LogP contribution in [0.3, 0.4) is 0 Å². The molecule has 0 heterocycles. The molecule has 4 rings (SSSR count). The fraction of sp³-hybridized carbons (Fsp3) is 0.0714. The van der Waals surface area contributed by atoms with Gasteiger partial charge in [-0.2, -0.15) is 6.42 Å². The van der Waals surface area contributed by atoms with Crippen molar-refractivity contribution in [3.05, 3.63) is 154 Å². The Balaban J connectivity index is 0.000000333. The van der Waals surface area contributed by atoms with Gasteiger partial charge in [0, 0.05) is 5.57 Å². The van der Waals surface area contributed by atoms with Gasteiger partial charge >= 0.3 is 21.7 Å². The molecule has 0 aliphatic heterocycles. The van der Waals surface area contributed by atoms with Crippen molar-refractivity contribution in [2.24, 2.45) is 0 Å². The van der Waals surface area contributed by atoms with E-state index >= 15 is 0 Å². The van der Waals surface area contributed by atoms with Crippen LogP contribution in [-0.4, -0.2) is 5.11 Å². The number of aliphatic hydroxyl groups is 1. The van der Waals surface area contributed by atoms with Crippen LogP contribution in [0.25, 0.3) is 5.57 Å². The van der Waals surface area contributed by atoms with E-state index in [0.29, 0.717) is 18.6 Å². The molecule has 2 aromatic carbocycles.